The van der Waals surface area contributed by atoms with Crippen LogP contribution in [0.4, 0.5) is 14.5 Å². The molecule has 1 aromatic heterocycles. The smallest absolute Gasteiger partial charge is 0.230 e. The molecule has 1 N–H and O–H groups in total. The lowest BCUT2D eigenvalue weighted by atomic mass is 9.98. The number of amides is 1. The first kappa shape index (κ1) is 18.2. The number of carbonyl (C=O) groups is 1. The highest BCUT2D eigenvalue weighted by Crippen LogP contribution is 2.32. The van der Waals surface area contributed by atoms with Gasteiger partial charge in [-0.05, 0) is 48.7 Å². The van der Waals surface area contributed by atoms with E-state index in [9.17, 15) is 13.6 Å². The number of H-pyrrole nitrogens is 1. The van der Waals surface area contributed by atoms with Crippen LogP contribution in [0.2, 0.25) is 0 Å². The van der Waals surface area contributed by atoms with Crippen LogP contribution in [0.25, 0.3) is 11.1 Å². The summed E-state index contributed by atoms with van der Waals surface area (Å²) < 4.78 is 33.1. The Bertz CT molecular complexity index is 1000. The summed E-state index contributed by atoms with van der Waals surface area (Å²) in [4.78, 5) is 14.4. The molecule has 3 aromatic rings. The number of nitrogens with zero attached hydrogens (tertiary/aromatic N) is 2. The number of nitrogens with one attached hydrogen (secondary N) is 1. The standard InChI is InChI=1S/C21H19F2N3O2/c1-28-20-9-13(2-5-18(20)22)8-14-6-7-26(21(14)27)16-3-4-17(19(23)10-16)15-11-24-25-12-15/h2-5,9-12,14H,6-8H2,1H3,(H,24,25). The number of hydrogen-bond acceptors (Lipinski definition) is 3. The van der Waals surface area contributed by atoms with E-state index in [0.29, 0.717) is 36.2 Å². The maximum Gasteiger partial charge on any atom is 0.230 e. The van der Waals surface area contributed by atoms with Gasteiger partial charge in [-0.25, -0.2) is 8.78 Å². The van der Waals surface area contributed by atoms with E-state index in [-0.39, 0.29) is 17.6 Å². The fraction of sp³-hybridized carbons (Fsp3) is 0.238. The van der Waals surface area contributed by atoms with Gasteiger partial charge in [0.25, 0.3) is 0 Å². The largest absolute Gasteiger partial charge is 0.494 e. The molecule has 0 saturated carbocycles. The quantitative estimate of drug-likeness (QED) is 0.726. The number of methoxy groups -OCH3 is 1. The molecule has 28 heavy (non-hydrogen) atoms. The van der Waals surface area contributed by atoms with Gasteiger partial charge >= 0.3 is 0 Å². The first-order valence-electron chi connectivity index (χ1n) is 8.99. The minimum absolute atomic E-state index is 0.0567. The maximum absolute atomic E-state index is 14.5. The number of anilines is 1. The summed E-state index contributed by atoms with van der Waals surface area (Å²) in [6, 6.07) is 9.39. The minimum Gasteiger partial charge on any atom is -0.494 e. The van der Waals surface area contributed by atoms with E-state index in [2.05, 4.69) is 10.2 Å². The van der Waals surface area contributed by atoms with Crippen LogP contribution < -0.4 is 9.64 Å². The molecule has 1 atom stereocenters. The van der Waals surface area contributed by atoms with E-state index in [1.54, 1.807) is 41.6 Å². The number of ether oxygens (including phenoxy) is 1. The predicted molar refractivity (Wildman–Crippen MR) is 101 cm³/mol. The number of benzene rings is 2. The highest BCUT2D eigenvalue weighted by Gasteiger charge is 2.33. The number of hydrogen-bond donors (Lipinski definition) is 1. The summed E-state index contributed by atoms with van der Waals surface area (Å²) in [6.45, 7) is 0.520. The molecular weight excluding hydrogens is 364 g/mol. The summed E-state index contributed by atoms with van der Waals surface area (Å²) in [7, 11) is 1.41. The average molecular weight is 383 g/mol. The van der Waals surface area contributed by atoms with Gasteiger partial charge in [0.15, 0.2) is 11.6 Å². The zero-order chi connectivity index (χ0) is 19.7. The molecule has 1 unspecified atom stereocenters. The molecule has 1 saturated heterocycles. The first-order chi connectivity index (χ1) is 13.6. The molecule has 1 amide bonds. The molecule has 2 aromatic carbocycles. The molecule has 0 radical (unpaired) electrons. The van der Waals surface area contributed by atoms with Crippen LogP contribution >= 0.6 is 0 Å². The Hall–Kier alpha value is -3.22. The van der Waals surface area contributed by atoms with Crippen molar-refractivity contribution < 1.29 is 18.3 Å². The van der Waals surface area contributed by atoms with E-state index in [1.807, 2.05) is 0 Å². The molecule has 7 heteroatoms. The van der Waals surface area contributed by atoms with Gasteiger partial charge in [0.05, 0.1) is 13.3 Å². The molecule has 5 nitrogen and oxygen atoms in total. The predicted octanol–water partition coefficient (Wildman–Crippen LogP) is 3.96. The van der Waals surface area contributed by atoms with Crippen LogP contribution in [-0.2, 0) is 11.2 Å². The molecule has 1 aliphatic heterocycles. The molecule has 4 rings (SSSR count). The molecule has 0 aliphatic carbocycles. The molecule has 1 aliphatic rings. The first-order valence-corrected chi connectivity index (χ1v) is 8.99. The topological polar surface area (TPSA) is 58.2 Å². The third kappa shape index (κ3) is 3.35. The SMILES string of the molecule is COc1cc(CC2CCN(c3ccc(-c4cn[nH]c4)c(F)c3)C2=O)ccc1F. The molecule has 144 valence electrons. The highest BCUT2D eigenvalue weighted by atomic mass is 19.1. The molecule has 1 fully saturated rings. The van der Waals surface area contributed by atoms with E-state index >= 15 is 0 Å². The fourth-order valence-corrected chi connectivity index (χ4v) is 3.60. The fourth-order valence-electron chi connectivity index (χ4n) is 3.60. The second-order valence-corrected chi connectivity index (χ2v) is 6.80. The van der Waals surface area contributed by atoms with Gasteiger partial charge in [-0.3, -0.25) is 9.89 Å². The van der Waals surface area contributed by atoms with Gasteiger partial charge in [-0.1, -0.05) is 6.07 Å². The van der Waals surface area contributed by atoms with Crippen LogP contribution in [0.5, 0.6) is 5.75 Å². The van der Waals surface area contributed by atoms with Crippen molar-refractivity contribution in [2.45, 2.75) is 12.8 Å². The van der Waals surface area contributed by atoms with Gasteiger partial charge < -0.3 is 9.64 Å². The van der Waals surface area contributed by atoms with Crippen molar-refractivity contribution in [1.29, 1.82) is 0 Å². The Morgan fingerprint density at radius 1 is 1.21 bits per heavy atom. The average Bonchev–Trinajstić information content (AvgIpc) is 3.34. The zero-order valence-corrected chi connectivity index (χ0v) is 15.3. The van der Waals surface area contributed by atoms with Gasteiger partial charge in [0, 0.05) is 35.5 Å². The highest BCUT2D eigenvalue weighted by molar-refractivity contribution is 5.97. The minimum atomic E-state index is -0.432. The number of aromatic nitrogens is 2. The molecular formula is C21H19F2N3O2. The lowest BCUT2D eigenvalue weighted by Gasteiger charge is -2.18. The zero-order valence-electron chi connectivity index (χ0n) is 15.3. The monoisotopic (exact) mass is 383 g/mol. The summed E-state index contributed by atoms with van der Waals surface area (Å²) in [5.41, 5.74) is 2.45. The summed E-state index contributed by atoms with van der Waals surface area (Å²) in [6.07, 6.45) is 4.31. The number of carbonyl (C=O) groups excluding carboxylic acids is 1. The van der Waals surface area contributed by atoms with Crippen molar-refractivity contribution in [2.75, 3.05) is 18.6 Å². The molecule has 2 heterocycles. The second-order valence-electron chi connectivity index (χ2n) is 6.80. The maximum atomic E-state index is 14.5. The van der Waals surface area contributed by atoms with Gasteiger partial charge in [0.2, 0.25) is 5.91 Å². The Morgan fingerprint density at radius 2 is 2.07 bits per heavy atom. The van der Waals surface area contributed by atoms with Crippen molar-refractivity contribution >= 4 is 11.6 Å². The van der Waals surface area contributed by atoms with Crippen molar-refractivity contribution in [3.05, 3.63) is 66.0 Å². The van der Waals surface area contributed by atoms with Crippen molar-refractivity contribution in [3.63, 3.8) is 0 Å². The van der Waals surface area contributed by atoms with E-state index in [0.717, 1.165) is 5.56 Å². The summed E-state index contributed by atoms with van der Waals surface area (Å²) in [5.74, 6) is -0.959. The van der Waals surface area contributed by atoms with E-state index in [1.165, 1.54) is 19.2 Å². The Kier molecular flexibility index (Phi) is 4.81. The summed E-state index contributed by atoms with van der Waals surface area (Å²) in [5, 5.41) is 6.49. The number of aromatic amines is 1. The molecule has 0 bridgehead atoms. The van der Waals surface area contributed by atoms with E-state index in [4.69, 9.17) is 4.74 Å². The lowest BCUT2D eigenvalue weighted by molar-refractivity contribution is -0.120. The lowest BCUT2D eigenvalue weighted by Crippen LogP contribution is -2.27. The Labute approximate surface area is 160 Å². The molecule has 0 spiro atoms. The van der Waals surface area contributed by atoms with Crippen molar-refractivity contribution in [2.24, 2.45) is 5.92 Å². The number of rotatable bonds is 5. The Morgan fingerprint density at radius 3 is 2.79 bits per heavy atom. The summed E-state index contributed by atoms with van der Waals surface area (Å²) >= 11 is 0. The Balaban J connectivity index is 1.51. The number of halogens is 2. The van der Waals surface area contributed by atoms with Crippen LogP contribution in [0.1, 0.15) is 12.0 Å². The third-order valence-corrected chi connectivity index (χ3v) is 5.09. The van der Waals surface area contributed by atoms with Gasteiger partial charge in [-0.15, -0.1) is 0 Å². The van der Waals surface area contributed by atoms with Crippen LogP contribution in [0.15, 0.2) is 48.8 Å². The van der Waals surface area contributed by atoms with Gasteiger partial charge in [-0.2, -0.15) is 5.10 Å². The van der Waals surface area contributed by atoms with Crippen LogP contribution in [0, 0.1) is 17.6 Å². The van der Waals surface area contributed by atoms with Crippen LogP contribution in [-0.4, -0.2) is 29.8 Å². The third-order valence-electron chi connectivity index (χ3n) is 5.09. The van der Waals surface area contributed by atoms with Crippen molar-refractivity contribution in [1.82, 2.24) is 10.2 Å². The normalized spacial score (nSPS) is 16.6. The van der Waals surface area contributed by atoms with Crippen molar-refractivity contribution in [3.8, 4) is 16.9 Å². The van der Waals surface area contributed by atoms with Gasteiger partial charge in [0.1, 0.15) is 5.82 Å². The van der Waals surface area contributed by atoms with E-state index < -0.39 is 11.6 Å². The van der Waals surface area contributed by atoms with Crippen LogP contribution in [0.3, 0.4) is 0 Å². The second kappa shape index (κ2) is 7.42.